The lowest BCUT2D eigenvalue weighted by Crippen LogP contribution is -2.58. The number of urea groups is 1. The number of pyridine rings is 1. The minimum absolute atomic E-state index is 0.0171. The van der Waals surface area contributed by atoms with E-state index in [2.05, 4.69) is 20.8 Å². The number of rotatable bonds is 17. The first-order valence-electron chi connectivity index (χ1n) is 16.1. The van der Waals surface area contributed by atoms with Gasteiger partial charge in [0, 0.05) is 26.3 Å². The summed E-state index contributed by atoms with van der Waals surface area (Å²) in [4.78, 5) is 32.8. The minimum Gasteiger partial charge on any atom is -0.411 e. The molecule has 0 saturated carbocycles. The van der Waals surface area contributed by atoms with Gasteiger partial charge in [-0.05, 0) is 53.6 Å². The fourth-order valence-corrected chi connectivity index (χ4v) is 6.75. The summed E-state index contributed by atoms with van der Waals surface area (Å²) in [6.07, 6.45) is 2.35. The maximum absolute atomic E-state index is 13.9. The zero-order valence-electron chi connectivity index (χ0n) is 28.2. The van der Waals surface area contributed by atoms with Gasteiger partial charge in [0.2, 0.25) is 15.9 Å². The molecule has 0 aliphatic rings. The largest absolute Gasteiger partial charge is 0.411 e. The highest BCUT2D eigenvalue weighted by molar-refractivity contribution is 7.89. The number of carbonyl (C=O) groups is 2. The normalized spacial score (nSPS) is 14.4. The smallest absolute Gasteiger partial charge is 0.318 e. The number of nitrogens with one attached hydrogen (secondary N) is 2. The average Bonchev–Trinajstić information content (AvgIpc) is 3.07. The van der Waals surface area contributed by atoms with Crippen LogP contribution in [0.2, 0.25) is 0 Å². The van der Waals surface area contributed by atoms with Crippen molar-refractivity contribution in [3.05, 3.63) is 95.8 Å². The first-order chi connectivity index (χ1) is 22.8. The third kappa shape index (κ3) is 11.1. The van der Waals surface area contributed by atoms with E-state index in [-0.39, 0.29) is 42.8 Å². The van der Waals surface area contributed by atoms with E-state index in [1.807, 2.05) is 70.2 Å². The zero-order valence-corrected chi connectivity index (χ0v) is 29.0. The fraction of sp³-hybridized carbons (Fsp3) is 0.429. The van der Waals surface area contributed by atoms with E-state index in [1.165, 1.54) is 39.7 Å². The first-order valence-corrected chi connectivity index (χ1v) is 17.5. The molecule has 4 N–H and O–H groups in total. The highest BCUT2D eigenvalue weighted by Gasteiger charge is 2.34. The summed E-state index contributed by atoms with van der Waals surface area (Å²) >= 11 is 0. The number of sulfonamides is 1. The standard InChI is InChI=1S/C35H48N6O6S/c1-6-26(4)33(39-35(44)40(5)23-29-14-10-11-19-36-29)34(43)38-31(20-27-12-8-7-9-13-27)32(42)24-41(22-25(2)3)48(46,47)30-17-15-28(16-18-30)21-37-45/h7-19,21,25-26,31-33,42,45H,6,20,22-24H2,1-5H3,(H,38,43)(H,39,44)/b37-21+/t26-,31-,32?,33+/m0/s1. The van der Waals surface area contributed by atoms with Gasteiger partial charge in [-0.15, -0.1) is 0 Å². The summed E-state index contributed by atoms with van der Waals surface area (Å²) in [6.45, 7) is 7.62. The van der Waals surface area contributed by atoms with E-state index in [4.69, 9.17) is 5.21 Å². The molecule has 3 rings (SSSR count). The molecule has 13 heteroatoms. The molecule has 0 aliphatic carbocycles. The van der Waals surface area contributed by atoms with Crippen LogP contribution in [0.25, 0.3) is 0 Å². The van der Waals surface area contributed by atoms with E-state index < -0.39 is 40.1 Å². The second-order valence-corrected chi connectivity index (χ2v) is 14.3. The second kappa shape index (κ2) is 18.3. The van der Waals surface area contributed by atoms with Crippen molar-refractivity contribution >= 4 is 28.2 Å². The van der Waals surface area contributed by atoms with Gasteiger partial charge in [0.1, 0.15) is 6.04 Å². The van der Waals surface area contributed by atoms with Gasteiger partial charge in [-0.1, -0.05) is 87.8 Å². The highest BCUT2D eigenvalue weighted by atomic mass is 32.2. The highest BCUT2D eigenvalue weighted by Crippen LogP contribution is 2.20. The van der Waals surface area contributed by atoms with E-state index in [1.54, 1.807) is 19.3 Å². The van der Waals surface area contributed by atoms with Crippen molar-refractivity contribution in [2.45, 2.75) is 70.2 Å². The Bertz CT molecular complexity index is 1570. The Labute approximate surface area is 283 Å². The van der Waals surface area contributed by atoms with Crippen LogP contribution in [0.5, 0.6) is 0 Å². The van der Waals surface area contributed by atoms with Gasteiger partial charge >= 0.3 is 6.03 Å². The lowest BCUT2D eigenvalue weighted by atomic mass is 9.96. The van der Waals surface area contributed by atoms with Gasteiger partial charge in [-0.2, -0.15) is 4.31 Å². The predicted octanol–water partition coefficient (Wildman–Crippen LogP) is 3.88. The molecule has 3 aromatic rings. The van der Waals surface area contributed by atoms with Crippen molar-refractivity contribution in [3.8, 4) is 0 Å². The minimum atomic E-state index is -4.06. The number of carbonyl (C=O) groups excluding carboxylic acids is 2. The summed E-state index contributed by atoms with van der Waals surface area (Å²) in [7, 11) is -2.44. The topological polar surface area (TPSA) is 165 Å². The van der Waals surface area contributed by atoms with Crippen LogP contribution in [0.4, 0.5) is 4.79 Å². The van der Waals surface area contributed by atoms with Crippen LogP contribution in [-0.2, 0) is 27.8 Å². The second-order valence-electron chi connectivity index (χ2n) is 12.4. The molecule has 2 aromatic carbocycles. The summed E-state index contributed by atoms with van der Waals surface area (Å²) < 4.78 is 28.9. The number of aliphatic hydroxyl groups is 1. The molecule has 1 unspecified atom stereocenters. The summed E-state index contributed by atoms with van der Waals surface area (Å²) in [5.74, 6) is -0.797. The Kier molecular flexibility index (Phi) is 14.5. The number of oxime groups is 1. The molecule has 12 nitrogen and oxygen atoms in total. The molecule has 48 heavy (non-hydrogen) atoms. The SMILES string of the molecule is CC[C@H](C)[C@@H](NC(=O)N(C)Cc1ccccn1)C(=O)N[C@@H](Cc1ccccc1)C(O)CN(CC(C)C)S(=O)(=O)c1ccc(/C=N/O)cc1. The lowest BCUT2D eigenvalue weighted by molar-refractivity contribution is -0.125. The maximum atomic E-state index is 13.9. The predicted molar refractivity (Wildman–Crippen MR) is 185 cm³/mol. The van der Waals surface area contributed by atoms with Crippen molar-refractivity contribution < 1.29 is 28.3 Å². The molecule has 0 aliphatic heterocycles. The fourth-order valence-electron chi connectivity index (χ4n) is 5.13. The Hall–Kier alpha value is -4.33. The first kappa shape index (κ1) is 38.1. The van der Waals surface area contributed by atoms with Gasteiger partial charge in [-0.3, -0.25) is 9.78 Å². The number of hydrogen-bond acceptors (Lipinski definition) is 8. The van der Waals surface area contributed by atoms with Crippen molar-refractivity contribution in [3.63, 3.8) is 0 Å². The third-order valence-electron chi connectivity index (χ3n) is 8.02. The molecule has 0 bridgehead atoms. The number of nitrogens with zero attached hydrogens (tertiary/aromatic N) is 4. The molecular weight excluding hydrogens is 632 g/mol. The number of aliphatic hydroxyl groups excluding tert-OH is 1. The van der Waals surface area contributed by atoms with Crippen molar-refractivity contribution in [2.24, 2.45) is 17.0 Å². The van der Waals surface area contributed by atoms with Crippen molar-refractivity contribution in [2.75, 3.05) is 20.1 Å². The Morgan fingerprint density at radius 3 is 2.21 bits per heavy atom. The Balaban J connectivity index is 1.86. The van der Waals surface area contributed by atoms with Crippen LogP contribution >= 0.6 is 0 Å². The molecule has 0 saturated heterocycles. The van der Waals surface area contributed by atoms with E-state index in [0.29, 0.717) is 17.7 Å². The van der Waals surface area contributed by atoms with Crippen LogP contribution in [-0.4, -0.2) is 89.4 Å². The monoisotopic (exact) mass is 680 g/mol. The molecule has 1 aromatic heterocycles. The molecular formula is C35H48N6O6S. The van der Waals surface area contributed by atoms with E-state index in [0.717, 1.165) is 5.56 Å². The van der Waals surface area contributed by atoms with Crippen LogP contribution in [0.15, 0.2) is 89.0 Å². The lowest BCUT2D eigenvalue weighted by Gasteiger charge is -2.33. The average molecular weight is 681 g/mol. The van der Waals surface area contributed by atoms with Crippen molar-refractivity contribution in [1.82, 2.24) is 24.8 Å². The van der Waals surface area contributed by atoms with Crippen LogP contribution in [0.3, 0.4) is 0 Å². The molecule has 260 valence electrons. The summed E-state index contributed by atoms with van der Waals surface area (Å²) in [5, 5.41) is 29.3. The molecule has 3 amide bonds. The molecule has 1 heterocycles. The van der Waals surface area contributed by atoms with E-state index in [9.17, 15) is 23.1 Å². The summed E-state index contributed by atoms with van der Waals surface area (Å²) in [5.41, 5.74) is 2.05. The summed E-state index contributed by atoms with van der Waals surface area (Å²) in [6, 6.07) is 18.3. The van der Waals surface area contributed by atoms with Gasteiger partial charge in [0.25, 0.3) is 0 Å². The molecule has 0 spiro atoms. The van der Waals surface area contributed by atoms with Gasteiger partial charge in [-0.25, -0.2) is 13.2 Å². The van der Waals surface area contributed by atoms with Gasteiger partial charge in [0.15, 0.2) is 0 Å². The van der Waals surface area contributed by atoms with Gasteiger partial charge < -0.3 is 25.8 Å². The van der Waals surface area contributed by atoms with Gasteiger partial charge in [0.05, 0.1) is 35.5 Å². The Morgan fingerprint density at radius 2 is 1.62 bits per heavy atom. The van der Waals surface area contributed by atoms with Crippen LogP contribution < -0.4 is 10.6 Å². The van der Waals surface area contributed by atoms with E-state index >= 15 is 0 Å². The quantitative estimate of drug-likeness (QED) is 0.0955. The van der Waals surface area contributed by atoms with Crippen LogP contribution in [0.1, 0.15) is 50.9 Å². The molecule has 0 fully saturated rings. The van der Waals surface area contributed by atoms with Crippen LogP contribution in [0, 0.1) is 11.8 Å². The third-order valence-corrected chi connectivity index (χ3v) is 9.87. The number of amides is 3. The number of aromatic nitrogens is 1. The molecule has 0 radical (unpaired) electrons. The Morgan fingerprint density at radius 1 is 0.958 bits per heavy atom. The zero-order chi connectivity index (χ0) is 35.3. The molecule has 4 atom stereocenters. The van der Waals surface area contributed by atoms with Crippen molar-refractivity contribution in [1.29, 1.82) is 0 Å². The number of hydrogen-bond donors (Lipinski definition) is 4. The maximum Gasteiger partial charge on any atom is 0.318 e. The number of benzene rings is 2.